The van der Waals surface area contributed by atoms with Gasteiger partial charge >= 0.3 is 0 Å². The number of aromatic nitrogens is 2. The molecule has 0 amide bonds. The Morgan fingerprint density at radius 1 is 1.04 bits per heavy atom. The molecule has 0 atom stereocenters. The Hall–Kier alpha value is -1.82. The summed E-state index contributed by atoms with van der Waals surface area (Å²) in [6.07, 6.45) is 0.860. The highest BCUT2D eigenvalue weighted by molar-refractivity contribution is 9.10. The van der Waals surface area contributed by atoms with Crippen LogP contribution in [0.1, 0.15) is 16.8 Å². The molecule has 4 nitrogen and oxygen atoms in total. The SMILES string of the molecule is Cl.Oc1c2c(nn1-c1ccc(Br)cc1)CCN(Cc1ccccc1)C2. The van der Waals surface area contributed by atoms with E-state index in [4.69, 9.17) is 0 Å². The summed E-state index contributed by atoms with van der Waals surface area (Å²) in [7, 11) is 0. The van der Waals surface area contributed by atoms with Crippen LogP contribution in [-0.4, -0.2) is 26.3 Å². The van der Waals surface area contributed by atoms with Crippen molar-refractivity contribution in [1.29, 1.82) is 0 Å². The molecule has 0 fully saturated rings. The number of fused-ring (bicyclic) bond motifs is 1. The number of hydrogen-bond acceptors (Lipinski definition) is 3. The van der Waals surface area contributed by atoms with Crippen molar-refractivity contribution in [2.45, 2.75) is 19.5 Å². The van der Waals surface area contributed by atoms with Crippen molar-refractivity contribution < 1.29 is 5.11 Å². The van der Waals surface area contributed by atoms with Gasteiger partial charge in [-0.05, 0) is 29.8 Å². The predicted molar refractivity (Wildman–Crippen MR) is 104 cm³/mol. The molecule has 3 aromatic rings. The highest BCUT2D eigenvalue weighted by Gasteiger charge is 2.25. The van der Waals surface area contributed by atoms with E-state index in [0.29, 0.717) is 0 Å². The average molecular weight is 421 g/mol. The van der Waals surface area contributed by atoms with Crippen LogP contribution in [0.4, 0.5) is 0 Å². The molecule has 4 rings (SSSR count). The Kier molecular flexibility index (Phi) is 5.47. The first-order chi connectivity index (χ1) is 11.7. The Morgan fingerprint density at radius 3 is 2.48 bits per heavy atom. The van der Waals surface area contributed by atoms with Gasteiger partial charge in [0.2, 0.25) is 5.88 Å². The molecule has 0 saturated heterocycles. The van der Waals surface area contributed by atoms with Gasteiger partial charge in [-0.25, -0.2) is 4.68 Å². The third-order valence-corrected chi connectivity index (χ3v) is 4.94. The lowest BCUT2D eigenvalue weighted by Gasteiger charge is -2.26. The van der Waals surface area contributed by atoms with Crippen LogP contribution in [0.5, 0.6) is 5.88 Å². The fourth-order valence-electron chi connectivity index (χ4n) is 3.15. The second-order valence-electron chi connectivity index (χ2n) is 6.08. The topological polar surface area (TPSA) is 41.3 Å². The van der Waals surface area contributed by atoms with Crippen molar-refractivity contribution in [3.63, 3.8) is 0 Å². The van der Waals surface area contributed by atoms with Crippen LogP contribution in [0.2, 0.25) is 0 Å². The number of nitrogens with zero attached hydrogens (tertiary/aromatic N) is 3. The largest absolute Gasteiger partial charge is 0.493 e. The molecular formula is C19H19BrClN3O. The van der Waals surface area contributed by atoms with Crippen LogP contribution in [-0.2, 0) is 19.5 Å². The van der Waals surface area contributed by atoms with E-state index in [1.807, 2.05) is 30.3 Å². The van der Waals surface area contributed by atoms with Gasteiger partial charge in [-0.3, -0.25) is 4.90 Å². The number of halogens is 2. The average Bonchev–Trinajstić information content (AvgIpc) is 2.93. The van der Waals surface area contributed by atoms with Crippen LogP contribution in [0.25, 0.3) is 5.69 Å². The molecule has 2 heterocycles. The quantitative estimate of drug-likeness (QED) is 0.686. The molecule has 1 aliphatic heterocycles. The van der Waals surface area contributed by atoms with Crippen molar-refractivity contribution in [1.82, 2.24) is 14.7 Å². The fourth-order valence-corrected chi connectivity index (χ4v) is 3.42. The summed E-state index contributed by atoms with van der Waals surface area (Å²) in [6, 6.07) is 18.2. The van der Waals surface area contributed by atoms with Gasteiger partial charge in [-0.2, -0.15) is 5.10 Å². The van der Waals surface area contributed by atoms with E-state index in [9.17, 15) is 5.11 Å². The maximum atomic E-state index is 10.6. The molecule has 0 spiro atoms. The second-order valence-corrected chi connectivity index (χ2v) is 7.00. The summed E-state index contributed by atoms with van der Waals surface area (Å²) in [5, 5.41) is 15.3. The van der Waals surface area contributed by atoms with Crippen LogP contribution >= 0.6 is 28.3 Å². The third-order valence-electron chi connectivity index (χ3n) is 4.41. The van der Waals surface area contributed by atoms with Crippen molar-refractivity contribution in [3.8, 4) is 11.6 Å². The Morgan fingerprint density at radius 2 is 1.76 bits per heavy atom. The van der Waals surface area contributed by atoms with E-state index >= 15 is 0 Å². The van der Waals surface area contributed by atoms with Gasteiger partial charge < -0.3 is 5.11 Å². The minimum atomic E-state index is 0. The normalized spacial score (nSPS) is 14.0. The van der Waals surface area contributed by atoms with Crippen molar-refractivity contribution in [2.24, 2.45) is 0 Å². The zero-order chi connectivity index (χ0) is 16.5. The maximum absolute atomic E-state index is 10.6. The van der Waals surface area contributed by atoms with Gasteiger partial charge in [0.1, 0.15) is 0 Å². The Bertz CT molecular complexity index is 849. The third kappa shape index (κ3) is 3.73. The van der Waals surface area contributed by atoms with Gasteiger partial charge in [0, 0.05) is 30.5 Å². The fraction of sp³-hybridized carbons (Fsp3) is 0.211. The molecule has 0 radical (unpaired) electrons. The molecule has 2 aromatic carbocycles. The lowest BCUT2D eigenvalue weighted by molar-refractivity contribution is 0.241. The lowest BCUT2D eigenvalue weighted by Crippen LogP contribution is -2.29. The zero-order valence-corrected chi connectivity index (χ0v) is 16.0. The van der Waals surface area contributed by atoms with Gasteiger partial charge in [-0.1, -0.05) is 46.3 Å². The summed E-state index contributed by atoms with van der Waals surface area (Å²) in [6.45, 7) is 2.58. The second kappa shape index (κ2) is 7.60. The summed E-state index contributed by atoms with van der Waals surface area (Å²) in [5.41, 5.74) is 4.11. The molecule has 0 bridgehead atoms. The van der Waals surface area contributed by atoms with Crippen molar-refractivity contribution >= 4 is 28.3 Å². The van der Waals surface area contributed by atoms with E-state index in [1.165, 1.54) is 5.56 Å². The first-order valence-corrected chi connectivity index (χ1v) is 8.82. The van der Waals surface area contributed by atoms with Crippen LogP contribution in [0, 0.1) is 0 Å². The smallest absolute Gasteiger partial charge is 0.219 e. The molecule has 0 saturated carbocycles. The van der Waals surface area contributed by atoms with Crippen molar-refractivity contribution in [2.75, 3.05) is 6.54 Å². The number of hydrogen-bond donors (Lipinski definition) is 1. The summed E-state index contributed by atoms with van der Waals surface area (Å²) in [4.78, 5) is 2.35. The van der Waals surface area contributed by atoms with Crippen LogP contribution in [0.3, 0.4) is 0 Å². The maximum Gasteiger partial charge on any atom is 0.219 e. The zero-order valence-electron chi connectivity index (χ0n) is 13.6. The number of rotatable bonds is 3. The standard InChI is InChI=1S/C19H18BrN3O.ClH/c20-15-6-8-16(9-7-15)23-19(24)17-13-22(11-10-18(17)21-23)12-14-4-2-1-3-5-14;/h1-9,24H,10-13H2;1H. The highest BCUT2D eigenvalue weighted by Crippen LogP contribution is 2.30. The van der Waals surface area contributed by atoms with E-state index < -0.39 is 0 Å². The predicted octanol–water partition coefficient (Wildman–Crippen LogP) is 4.32. The number of benzene rings is 2. The highest BCUT2D eigenvalue weighted by atomic mass is 79.9. The van der Waals surface area contributed by atoms with E-state index in [0.717, 1.165) is 47.5 Å². The summed E-state index contributed by atoms with van der Waals surface area (Å²) < 4.78 is 2.65. The molecular weight excluding hydrogens is 402 g/mol. The molecule has 0 aliphatic carbocycles. The molecule has 1 aliphatic rings. The van der Waals surface area contributed by atoms with Gasteiger partial charge in [0.15, 0.2) is 0 Å². The first-order valence-electron chi connectivity index (χ1n) is 8.02. The Balaban J connectivity index is 0.00000182. The van der Waals surface area contributed by atoms with E-state index in [1.54, 1.807) is 4.68 Å². The van der Waals surface area contributed by atoms with Gasteiger partial charge in [0.25, 0.3) is 0 Å². The van der Waals surface area contributed by atoms with Gasteiger partial charge in [0.05, 0.1) is 16.9 Å². The summed E-state index contributed by atoms with van der Waals surface area (Å²) in [5.74, 6) is 0.255. The van der Waals surface area contributed by atoms with E-state index in [2.05, 4.69) is 50.2 Å². The minimum Gasteiger partial charge on any atom is -0.493 e. The molecule has 25 heavy (non-hydrogen) atoms. The van der Waals surface area contributed by atoms with Crippen LogP contribution < -0.4 is 0 Å². The molecule has 130 valence electrons. The molecule has 1 N–H and O–H groups in total. The molecule has 0 unspecified atom stereocenters. The first kappa shape index (κ1) is 18.0. The monoisotopic (exact) mass is 419 g/mol. The lowest BCUT2D eigenvalue weighted by atomic mass is 10.1. The van der Waals surface area contributed by atoms with Crippen molar-refractivity contribution in [3.05, 3.63) is 75.9 Å². The Labute approximate surface area is 161 Å². The van der Waals surface area contributed by atoms with E-state index in [-0.39, 0.29) is 18.3 Å². The molecule has 6 heteroatoms. The molecule has 1 aromatic heterocycles. The summed E-state index contributed by atoms with van der Waals surface area (Å²) >= 11 is 3.43. The van der Waals surface area contributed by atoms with Crippen LogP contribution in [0.15, 0.2) is 59.1 Å². The minimum absolute atomic E-state index is 0. The number of aromatic hydroxyl groups is 1. The van der Waals surface area contributed by atoms with Gasteiger partial charge in [-0.15, -0.1) is 12.4 Å².